The van der Waals surface area contributed by atoms with Crippen molar-refractivity contribution < 1.29 is 21.9 Å². The average Bonchev–Trinajstić information content (AvgIpc) is 2.71. The second-order valence-electron chi connectivity index (χ2n) is 6.50. The first kappa shape index (κ1) is 22.4. The van der Waals surface area contributed by atoms with Crippen LogP contribution in [0.4, 0.5) is 26.2 Å². The number of sulfonamides is 1. The third-order valence-electron chi connectivity index (χ3n) is 4.06. The first-order valence-electron chi connectivity index (χ1n) is 9.21. The molecule has 0 atom stereocenters. The molecule has 0 amide bonds. The maximum Gasteiger partial charge on any atom is 0.240 e. The third-order valence-corrected chi connectivity index (χ3v) is 5.50. The van der Waals surface area contributed by atoms with E-state index in [4.69, 9.17) is 4.74 Å². The Kier molecular flexibility index (Phi) is 6.98. The molecular formula is C20H21F2N5O3S. The van der Waals surface area contributed by atoms with Gasteiger partial charge in [-0.15, -0.1) is 0 Å². The Morgan fingerprint density at radius 3 is 2.29 bits per heavy atom. The van der Waals surface area contributed by atoms with Crippen LogP contribution in [0.15, 0.2) is 53.4 Å². The van der Waals surface area contributed by atoms with E-state index in [9.17, 15) is 17.2 Å². The second-order valence-corrected chi connectivity index (χ2v) is 8.27. The number of aryl methyl sites for hydroxylation is 1. The van der Waals surface area contributed by atoms with E-state index in [2.05, 4.69) is 25.3 Å². The largest absolute Gasteiger partial charge is 0.497 e. The van der Waals surface area contributed by atoms with Gasteiger partial charge in [-0.25, -0.2) is 26.9 Å². The summed E-state index contributed by atoms with van der Waals surface area (Å²) in [6.07, 6.45) is 0. The molecule has 0 bridgehead atoms. The quantitative estimate of drug-likeness (QED) is 0.431. The summed E-state index contributed by atoms with van der Waals surface area (Å²) in [4.78, 5) is 8.12. The number of nitrogens with one attached hydrogen (secondary N) is 3. The van der Waals surface area contributed by atoms with Crippen LogP contribution in [0.25, 0.3) is 0 Å². The highest BCUT2D eigenvalue weighted by atomic mass is 32.2. The fraction of sp³-hybridized carbons (Fsp3) is 0.200. The van der Waals surface area contributed by atoms with Crippen LogP contribution in [-0.2, 0) is 10.0 Å². The van der Waals surface area contributed by atoms with E-state index in [0.717, 1.165) is 23.6 Å². The number of nitrogens with zero attached hydrogens (tertiary/aromatic N) is 2. The summed E-state index contributed by atoms with van der Waals surface area (Å²) in [7, 11) is -2.47. The zero-order valence-electron chi connectivity index (χ0n) is 16.8. The summed E-state index contributed by atoms with van der Waals surface area (Å²) in [5.41, 5.74) is 1.50. The number of hydrogen-bond donors (Lipinski definition) is 3. The number of methoxy groups -OCH3 is 1. The summed E-state index contributed by atoms with van der Waals surface area (Å²) in [5, 5.41) is 6.07. The highest BCUT2D eigenvalue weighted by Gasteiger charge is 2.16. The van der Waals surface area contributed by atoms with Crippen LogP contribution in [0, 0.1) is 18.6 Å². The van der Waals surface area contributed by atoms with E-state index in [0.29, 0.717) is 23.5 Å². The highest BCUT2D eigenvalue weighted by molar-refractivity contribution is 7.89. The lowest BCUT2D eigenvalue weighted by molar-refractivity contribution is 0.415. The van der Waals surface area contributed by atoms with Crippen LogP contribution in [0.2, 0.25) is 0 Å². The van der Waals surface area contributed by atoms with Gasteiger partial charge < -0.3 is 15.4 Å². The third kappa shape index (κ3) is 6.33. The number of aromatic nitrogens is 2. The van der Waals surface area contributed by atoms with Gasteiger partial charge in [-0.3, -0.25) is 0 Å². The number of anilines is 3. The van der Waals surface area contributed by atoms with Crippen LogP contribution in [0.5, 0.6) is 5.75 Å². The first-order chi connectivity index (χ1) is 14.7. The maximum atomic E-state index is 13.3. The van der Waals surface area contributed by atoms with Crippen molar-refractivity contribution in [1.82, 2.24) is 14.7 Å². The molecule has 164 valence electrons. The zero-order valence-corrected chi connectivity index (χ0v) is 17.6. The van der Waals surface area contributed by atoms with Crippen molar-refractivity contribution in [2.45, 2.75) is 11.8 Å². The van der Waals surface area contributed by atoms with E-state index < -0.39 is 26.6 Å². The Bertz CT molecular complexity index is 1140. The molecule has 0 unspecified atom stereocenters. The minimum absolute atomic E-state index is 0.0426. The van der Waals surface area contributed by atoms with Gasteiger partial charge in [-0.05, 0) is 43.3 Å². The summed E-state index contributed by atoms with van der Waals surface area (Å²) >= 11 is 0. The number of hydrogen-bond acceptors (Lipinski definition) is 7. The molecule has 3 rings (SSSR count). The predicted molar refractivity (Wildman–Crippen MR) is 113 cm³/mol. The molecule has 31 heavy (non-hydrogen) atoms. The van der Waals surface area contributed by atoms with Crippen molar-refractivity contribution in [3.63, 3.8) is 0 Å². The van der Waals surface area contributed by atoms with Gasteiger partial charge in [0.1, 0.15) is 23.2 Å². The molecule has 8 nitrogen and oxygen atoms in total. The fourth-order valence-electron chi connectivity index (χ4n) is 2.66. The Morgan fingerprint density at radius 1 is 0.968 bits per heavy atom. The van der Waals surface area contributed by atoms with E-state index >= 15 is 0 Å². The predicted octanol–water partition coefficient (Wildman–Crippen LogP) is 3.21. The molecule has 2 aromatic carbocycles. The SMILES string of the molecule is COc1ccc(Nc2cc(C)nc(NCCNS(=O)(=O)c3cc(F)cc(F)c3)n2)cc1. The van der Waals surface area contributed by atoms with E-state index in [1.54, 1.807) is 20.1 Å². The van der Waals surface area contributed by atoms with Crippen molar-refractivity contribution >= 4 is 27.5 Å². The lowest BCUT2D eigenvalue weighted by atomic mass is 10.3. The lowest BCUT2D eigenvalue weighted by Crippen LogP contribution is -2.29. The van der Waals surface area contributed by atoms with E-state index in [-0.39, 0.29) is 13.1 Å². The maximum absolute atomic E-state index is 13.3. The standard InChI is InChI=1S/C20H21F2N5O3S/c1-13-9-19(26-16-3-5-17(30-2)6-4-16)27-20(25-13)23-7-8-24-31(28,29)18-11-14(21)10-15(22)12-18/h3-6,9-12,24H,7-8H2,1-2H3,(H2,23,25,26,27). The number of ether oxygens (including phenoxy) is 1. The molecular weight excluding hydrogens is 428 g/mol. The zero-order chi connectivity index (χ0) is 22.4. The summed E-state index contributed by atoms with van der Waals surface area (Å²) < 4.78 is 58.3. The number of halogens is 2. The van der Waals surface area contributed by atoms with Gasteiger partial charge in [0.15, 0.2) is 0 Å². The Balaban J connectivity index is 1.59. The van der Waals surface area contributed by atoms with Crippen LogP contribution < -0.4 is 20.1 Å². The van der Waals surface area contributed by atoms with Crippen molar-refractivity contribution in [3.05, 3.63) is 65.9 Å². The van der Waals surface area contributed by atoms with E-state index in [1.807, 2.05) is 24.3 Å². The number of rotatable bonds is 9. The fourth-order valence-corrected chi connectivity index (χ4v) is 3.73. The summed E-state index contributed by atoms with van der Waals surface area (Å²) in [6, 6.07) is 11.2. The minimum atomic E-state index is -4.06. The van der Waals surface area contributed by atoms with Crippen LogP contribution >= 0.6 is 0 Å². The van der Waals surface area contributed by atoms with Gasteiger partial charge in [0.2, 0.25) is 16.0 Å². The minimum Gasteiger partial charge on any atom is -0.497 e. The van der Waals surface area contributed by atoms with Gasteiger partial charge in [0.05, 0.1) is 12.0 Å². The van der Waals surface area contributed by atoms with Crippen molar-refractivity contribution in [3.8, 4) is 5.75 Å². The normalized spacial score (nSPS) is 11.2. The molecule has 3 aromatic rings. The summed E-state index contributed by atoms with van der Waals surface area (Å²) in [5.74, 6) is -0.356. The molecule has 0 fully saturated rings. The lowest BCUT2D eigenvalue weighted by Gasteiger charge is -2.11. The van der Waals surface area contributed by atoms with Crippen molar-refractivity contribution in [1.29, 1.82) is 0 Å². The molecule has 0 saturated carbocycles. The van der Waals surface area contributed by atoms with Crippen LogP contribution in [0.3, 0.4) is 0 Å². The molecule has 0 aliphatic rings. The Morgan fingerprint density at radius 2 is 1.65 bits per heavy atom. The van der Waals surface area contributed by atoms with Gasteiger partial charge >= 0.3 is 0 Å². The van der Waals surface area contributed by atoms with Gasteiger partial charge in [-0.1, -0.05) is 0 Å². The first-order valence-corrected chi connectivity index (χ1v) is 10.7. The highest BCUT2D eigenvalue weighted by Crippen LogP contribution is 2.20. The smallest absolute Gasteiger partial charge is 0.240 e. The molecule has 3 N–H and O–H groups in total. The molecule has 0 aliphatic heterocycles. The number of benzene rings is 2. The van der Waals surface area contributed by atoms with Gasteiger partial charge in [0.25, 0.3) is 0 Å². The van der Waals surface area contributed by atoms with Crippen molar-refractivity contribution in [2.75, 3.05) is 30.8 Å². The molecule has 0 saturated heterocycles. The molecule has 11 heteroatoms. The molecule has 0 radical (unpaired) electrons. The van der Waals surface area contributed by atoms with Gasteiger partial charge in [0, 0.05) is 36.6 Å². The van der Waals surface area contributed by atoms with Crippen LogP contribution in [0.1, 0.15) is 5.69 Å². The molecule has 1 heterocycles. The van der Waals surface area contributed by atoms with E-state index in [1.165, 1.54) is 0 Å². The van der Waals surface area contributed by atoms with Gasteiger partial charge in [-0.2, -0.15) is 4.98 Å². The monoisotopic (exact) mass is 449 g/mol. The molecule has 0 spiro atoms. The van der Waals surface area contributed by atoms with Crippen LogP contribution in [-0.4, -0.2) is 38.6 Å². The second kappa shape index (κ2) is 9.67. The Labute approximate surface area is 178 Å². The summed E-state index contributed by atoms with van der Waals surface area (Å²) in [6.45, 7) is 1.91. The molecule has 0 aliphatic carbocycles. The topological polar surface area (TPSA) is 105 Å². The average molecular weight is 449 g/mol. The molecule has 1 aromatic heterocycles. The van der Waals surface area contributed by atoms with Crippen molar-refractivity contribution in [2.24, 2.45) is 0 Å². The Hall–Kier alpha value is -3.31.